The molecule has 6 nitrogen and oxygen atoms in total. The molecule has 1 aromatic carbocycles. The maximum Gasteiger partial charge on any atom is 0.161 e. The van der Waals surface area contributed by atoms with Crippen molar-refractivity contribution in [3.8, 4) is 11.5 Å². The summed E-state index contributed by atoms with van der Waals surface area (Å²) in [6.45, 7) is 7.32. The van der Waals surface area contributed by atoms with Crippen LogP contribution in [0.25, 0.3) is 0 Å². The van der Waals surface area contributed by atoms with Crippen LogP contribution in [0.15, 0.2) is 37.2 Å². The fraction of sp³-hybridized carbons (Fsp3) is 0.421. The Hall–Kier alpha value is -2.31. The van der Waals surface area contributed by atoms with Gasteiger partial charge in [-0.25, -0.2) is 4.98 Å². The first-order chi connectivity index (χ1) is 12.1. The Labute approximate surface area is 148 Å². The Morgan fingerprint density at radius 2 is 2.32 bits per heavy atom. The smallest absolute Gasteiger partial charge is 0.161 e. The van der Waals surface area contributed by atoms with Crippen molar-refractivity contribution < 1.29 is 9.84 Å². The molecule has 1 unspecified atom stereocenters. The summed E-state index contributed by atoms with van der Waals surface area (Å²) in [6.07, 6.45) is 6.22. The average molecular weight is 342 g/mol. The van der Waals surface area contributed by atoms with E-state index in [1.165, 1.54) is 0 Å². The highest BCUT2D eigenvalue weighted by Gasteiger charge is 2.27. The van der Waals surface area contributed by atoms with Gasteiger partial charge in [0.05, 0.1) is 13.2 Å². The summed E-state index contributed by atoms with van der Waals surface area (Å²) < 4.78 is 7.42. The number of phenols is 1. The topological polar surface area (TPSA) is 62.6 Å². The van der Waals surface area contributed by atoms with Gasteiger partial charge in [-0.05, 0) is 18.1 Å². The number of hydrogen-bond acceptors (Lipinski definition) is 5. The van der Waals surface area contributed by atoms with Gasteiger partial charge in [-0.15, -0.1) is 6.58 Å². The van der Waals surface area contributed by atoms with Gasteiger partial charge >= 0.3 is 0 Å². The third-order valence-electron chi connectivity index (χ3n) is 4.69. The van der Waals surface area contributed by atoms with E-state index < -0.39 is 0 Å². The number of piperazine rings is 1. The summed E-state index contributed by atoms with van der Waals surface area (Å²) in [5.41, 5.74) is 1.96. The maximum absolute atomic E-state index is 10.3. The normalized spacial score (nSPS) is 18.2. The minimum Gasteiger partial charge on any atom is -0.504 e. The molecule has 134 valence electrons. The molecule has 2 N–H and O–H groups in total. The summed E-state index contributed by atoms with van der Waals surface area (Å²) in [7, 11) is 3.61. The lowest BCUT2D eigenvalue weighted by atomic mass is 10.0. The number of imidazole rings is 1. The predicted molar refractivity (Wildman–Crippen MR) is 97.8 cm³/mol. The van der Waals surface area contributed by atoms with Crippen molar-refractivity contribution in [1.82, 2.24) is 19.8 Å². The number of allylic oxidation sites excluding steroid dienone is 1. The first-order valence-electron chi connectivity index (χ1n) is 8.55. The van der Waals surface area contributed by atoms with Crippen LogP contribution < -0.4 is 10.1 Å². The maximum atomic E-state index is 10.3. The second-order valence-corrected chi connectivity index (χ2v) is 6.39. The highest BCUT2D eigenvalue weighted by Crippen LogP contribution is 2.33. The van der Waals surface area contributed by atoms with E-state index in [1.807, 2.05) is 31.6 Å². The Morgan fingerprint density at radius 3 is 3.00 bits per heavy atom. The van der Waals surface area contributed by atoms with Crippen molar-refractivity contribution in [2.75, 3.05) is 26.7 Å². The standard InChI is InChI=1S/C19H26N4O2/c1-4-5-15-10-14(11-17(25-3)18(15)24)13-23-9-6-20-12-16(23)19-21-7-8-22(19)2/h4,7-8,10-11,16,20,24H,1,5-6,9,12-13H2,2-3H3. The van der Waals surface area contributed by atoms with Crippen LogP contribution in [-0.4, -0.2) is 46.3 Å². The lowest BCUT2D eigenvalue weighted by Crippen LogP contribution is -2.46. The minimum absolute atomic E-state index is 0.201. The van der Waals surface area contributed by atoms with Crippen molar-refractivity contribution in [2.45, 2.75) is 19.0 Å². The third-order valence-corrected chi connectivity index (χ3v) is 4.69. The fourth-order valence-corrected chi connectivity index (χ4v) is 3.41. The monoisotopic (exact) mass is 342 g/mol. The van der Waals surface area contributed by atoms with Gasteiger partial charge in [0.25, 0.3) is 0 Å². The Kier molecular flexibility index (Phi) is 5.40. The van der Waals surface area contributed by atoms with E-state index in [0.29, 0.717) is 12.2 Å². The molecule has 1 atom stereocenters. The van der Waals surface area contributed by atoms with E-state index in [1.54, 1.807) is 13.2 Å². The lowest BCUT2D eigenvalue weighted by Gasteiger charge is -2.35. The van der Waals surface area contributed by atoms with Gasteiger partial charge in [-0.3, -0.25) is 4.90 Å². The molecule has 2 aromatic rings. The van der Waals surface area contributed by atoms with Gasteiger partial charge in [0, 0.05) is 51.2 Å². The van der Waals surface area contributed by atoms with Gasteiger partial charge in [-0.1, -0.05) is 12.1 Å². The molecule has 3 rings (SSSR count). The SMILES string of the molecule is C=CCc1cc(CN2CCNCC2c2nccn2C)cc(OC)c1O. The van der Waals surface area contributed by atoms with E-state index >= 15 is 0 Å². The Bertz CT molecular complexity index is 741. The van der Waals surface area contributed by atoms with Gasteiger partial charge < -0.3 is 19.7 Å². The number of ether oxygens (including phenoxy) is 1. The number of methoxy groups -OCH3 is 1. The zero-order valence-corrected chi connectivity index (χ0v) is 14.9. The average Bonchev–Trinajstić information content (AvgIpc) is 3.04. The molecule has 0 radical (unpaired) electrons. The van der Waals surface area contributed by atoms with Crippen LogP contribution >= 0.6 is 0 Å². The lowest BCUT2D eigenvalue weighted by molar-refractivity contribution is 0.144. The Balaban J connectivity index is 1.88. The quantitative estimate of drug-likeness (QED) is 0.787. The van der Waals surface area contributed by atoms with Crippen LogP contribution in [0.3, 0.4) is 0 Å². The number of phenolic OH excluding ortho intramolecular Hbond substituents is 1. The number of hydrogen-bond donors (Lipinski definition) is 2. The van der Waals surface area contributed by atoms with Crippen molar-refractivity contribution in [2.24, 2.45) is 7.05 Å². The number of benzene rings is 1. The molecule has 1 aliphatic heterocycles. The molecule has 0 aliphatic carbocycles. The number of aromatic nitrogens is 2. The first-order valence-corrected chi connectivity index (χ1v) is 8.55. The predicted octanol–water partition coefficient (Wildman–Crippen LogP) is 2.01. The van der Waals surface area contributed by atoms with E-state index in [-0.39, 0.29) is 11.8 Å². The molecule has 1 saturated heterocycles. The molecule has 1 aromatic heterocycles. The van der Waals surface area contributed by atoms with E-state index in [4.69, 9.17) is 4.74 Å². The van der Waals surface area contributed by atoms with Gasteiger partial charge in [0.15, 0.2) is 11.5 Å². The molecule has 0 amide bonds. The summed E-state index contributed by atoms with van der Waals surface area (Å²) in [6, 6.07) is 4.17. The van der Waals surface area contributed by atoms with E-state index in [0.717, 1.165) is 43.1 Å². The molecule has 25 heavy (non-hydrogen) atoms. The highest BCUT2D eigenvalue weighted by atomic mass is 16.5. The molecule has 0 saturated carbocycles. The fourth-order valence-electron chi connectivity index (χ4n) is 3.41. The molecule has 2 heterocycles. The number of rotatable bonds is 6. The van der Waals surface area contributed by atoms with Gasteiger partial charge in [0.1, 0.15) is 5.82 Å². The summed E-state index contributed by atoms with van der Waals surface area (Å²) in [5.74, 6) is 1.77. The van der Waals surface area contributed by atoms with E-state index in [2.05, 4.69) is 26.3 Å². The molecule has 1 fully saturated rings. The molecule has 0 spiro atoms. The second-order valence-electron chi connectivity index (χ2n) is 6.39. The van der Waals surface area contributed by atoms with Crippen LogP contribution in [0.2, 0.25) is 0 Å². The molecular formula is C19H26N4O2. The summed E-state index contributed by atoms with van der Waals surface area (Å²) in [4.78, 5) is 6.95. The van der Waals surface area contributed by atoms with Crippen LogP contribution in [0.1, 0.15) is 23.0 Å². The largest absolute Gasteiger partial charge is 0.504 e. The van der Waals surface area contributed by atoms with Crippen LogP contribution in [-0.2, 0) is 20.0 Å². The van der Waals surface area contributed by atoms with Crippen LogP contribution in [0, 0.1) is 0 Å². The highest BCUT2D eigenvalue weighted by molar-refractivity contribution is 5.49. The van der Waals surface area contributed by atoms with Crippen LogP contribution in [0.5, 0.6) is 11.5 Å². The van der Waals surface area contributed by atoms with E-state index in [9.17, 15) is 5.11 Å². The number of nitrogens with one attached hydrogen (secondary N) is 1. The summed E-state index contributed by atoms with van der Waals surface area (Å²) >= 11 is 0. The number of nitrogens with zero attached hydrogens (tertiary/aromatic N) is 3. The zero-order valence-electron chi connectivity index (χ0n) is 14.9. The molecular weight excluding hydrogens is 316 g/mol. The van der Waals surface area contributed by atoms with Crippen molar-refractivity contribution in [3.05, 3.63) is 54.1 Å². The molecule has 0 bridgehead atoms. The van der Waals surface area contributed by atoms with Gasteiger partial charge in [0.2, 0.25) is 0 Å². The second kappa shape index (κ2) is 7.72. The number of aromatic hydroxyl groups is 1. The van der Waals surface area contributed by atoms with Crippen molar-refractivity contribution in [3.63, 3.8) is 0 Å². The number of aryl methyl sites for hydroxylation is 1. The van der Waals surface area contributed by atoms with Crippen molar-refractivity contribution in [1.29, 1.82) is 0 Å². The Morgan fingerprint density at radius 1 is 1.48 bits per heavy atom. The molecule has 1 aliphatic rings. The third kappa shape index (κ3) is 3.70. The minimum atomic E-state index is 0.201. The van der Waals surface area contributed by atoms with Gasteiger partial charge in [-0.2, -0.15) is 0 Å². The summed E-state index contributed by atoms with van der Waals surface area (Å²) in [5, 5.41) is 13.7. The zero-order chi connectivity index (χ0) is 17.8. The molecule has 6 heteroatoms. The van der Waals surface area contributed by atoms with Crippen LogP contribution in [0.4, 0.5) is 0 Å². The van der Waals surface area contributed by atoms with Crippen molar-refractivity contribution >= 4 is 0 Å². The first kappa shape index (κ1) is 17.5.